The van der Waals surface area contributed by atoms with E-state index in [4.69, 9.17) is 27.9 Å². The lowest BCUT2D eigenvalue weighted by Gasteiger charge is -2.08. The van der Waals surface area contributed by atoms with Gasteiger partial charge in [-0.1, -0.05) is 29.3 Å². The van der Waals surface area contributed by atoms with E-state index in [9.17, 15) is 9.18 Å². The summed E-state index contributed by atoms with van der Waals surface area (Å²) < 4.78 is 18.5. The van der Waals surface area contributed by atoms with Crippen LogP contribution in [0.25, 0.3) is 0 Å². The van der Waals surface area contributed by atoms with E-state index in [-0.39, 0.29) is 12.3 Å². The Kier molecular flexibility index (Phi) is 6.04. The quantitative estimate of drug-likeness (QED) is 0.756. The molecule has 2 aromatic rings. The van der Waals surface area contributed by atoms with Crippen LogP contribution in [-0.2, 0) is 4.79 Å². The van der Waals surface area contributed by atoms with Crippen molar-refractivity contribution in [3.8, 4) is 5.75 Å². The zero-order valence-corrected chi connectivity index (χ0v) is 13.1. The van der Waals surface area contributed by atoms with Crippen molar-refractivity contribution in [2.24, 2.45) is 0 Å². The number of rotatable bonds is 6. The fourth-order valence-electron chi connectivity index (χ4n) is 1.80. The van der Waals surface area contributed by atoms with Gasteiger partial charge in [-0.05, 0) is 42.8 Å². The van der Waals surface area contributed by atoms with Crippen LogP contribution in [0.5, 0.6) is 5.75 Å². The minimum atomic E-state index is -0.390. The van der Waals surface area contributed by atoms with E-state index < -0.39 is 5.82 Å². The van der Waals surface area contributed by atoms with Crippen LogP contribution >= 0.6 is 23.2 Å². The zero-order chi connectivity index (χ0) is 15.9. The molecule has 0 unspecified atom stereocenters. The highest BCUT2D eigenvalue weighted by Crippen LogP contribution is 2.27. The largest absolute Gasteiger partial charge is 0.492 e. The van der Waals surface area contributed by atoms with E-state index in [1.807, 2.05) is 0 Å². The lowest BCUT2D eigenvalue weighted by Crippen LogP contribution is -2.12. The van der Waals surface area contributed by atoms with Crippen LogP contribution in [0, 0.1) is 5.82 Å². The van der Waals surface area contributed by atoms with Gasteiger partial charge in [0, 0.05) is 17.1 Å². The number of carbonyl (C=O) groups is 1. The molecule has 2 rings (SSSR count). The molecule has 1 N–H and O–H groups in total. The molecule has 0 radical (unpaired) electrons. The van der Waals surface area contributed by atoms with E-state index in [0.717, 1.165) is 0 Å². The third kappa shape index (κ3) is 5.20. The van der Waals surface area contributed by atoms with Gasteiger partial charge in [0.25, 0.3) is 0 Å². The van der Waals surface area contributed by atoms with Gasteiger partial charge in [-0.3, -0.25) is 4.79 Å². The summed E-state index contributed by atoms with van der Waals surface area (Å²) in [5.41, 5.74) is 0.437. The number of amides is 1. The molecule has 1 amide bonds. The smallest absolute Gasteiger partial charge is 0.224 e. The van der Waals surface area contributed by atoms with Gasteiger partial charge < -0.3 is 10.1 Å². The van der Waals surface area contributed by atoms with Crippen molar-refractivity contribution in [3.63, 3.8) is 0 Å². The molecule has 0 heterocycles. The number of nitrogens with one attached hydrogen (secondary N) is 1. The number of anilines is 1. The first-order valence-corrected chi connectivity index (χ1v) is 7.43. The fourth-order valence-corrected chi connectivity index (χ4v) is 2.26. The number of hydrogen-bond acceptors (Lipinski definition) is 2. The molecule has 0 aliphatic carbocycles. The summed E-state index contributed by atoms with van der Waals surface area (Å²) in [6, 6.07) is 10.7. The lowest BCUT2D eigenvalue weighted by molar-refractivity contribution is -0.116. The maximum absolute atomic E-state index is 13.0. The Balaban J connectivity index is 1.73. The van der Waals surface area contributed by atoms with E-state index in [0.29, 0.717) is 34.5 Å². The molecule has 0 aliphatic heterocycles. The number of carbonyl (C=O) groups excluding carboxylic acids is 1. The summed E-state index contributed by atoms with van der Waals surface area (Å²) in [7, 11) is 0. The summed E-state index contributed by atoms with van der Waals surface area (Å²) in [4.78, 5) is 11.7. The van der Waals surface area contributed by atoms with Crippen LogP contribution in [0.15, 0.2) is 42.5 Å². The van der Waals surface area contributed by atoms with Crippen LogP contribution in [-0.4, -0.2) is 12.5 Å². The van der Waals surface area contributed by atoms with E-state index in [1.165, 1.54) is 18.2 Å². The molecule has 6 heteroatoms. The van der Waals surface area contributed by atoms with Gasteiger partial charge in [-0.25, -0.2) is 4.39 Å². The van der Waals surface area contributed by atoms with Crippen molar-refractivity contribution in [2.45, 2.75) is 12.8 Å². The first kappa shape index (κ1) is 16.6. The van der Waals surface area contributed by atoms with Gasteiger partial charge in [-0.15, -0.1) is 0 Å². The van der Waals surface area contributed by atoms with Gasteiger partial charge in [0.2, 0.25) is 5.91 Å². The number of benzene rings is 2. The Morgan fingerprint density at radius 2 is 2.00 bits per heavy atom. The van der Waals surface area contributed by atoms with Crippen molar-refractivity contribution in [1.29, 1.82) is 0 Å². The predicted octanol–water partition coefficient (Wildman–Crippen LogP) is 4.93. The summed E-state index contributed by atoms with van der Waals surface area (Å²) in [5.74, 6) is -0.0634. The molecule has 0 bridgehead atoms. The minimum Gasteiger partial charge on any atom is -0.492 e. The van der Waals surface area contributed by atoms with Crippen molar-refractivity contribution < 1.29 is 13.9 Å². The van der Waals surface area contributed by atoms with E-state index >= 15 is 0 Å². The molecule has 0 aliphatic rings. The van der Waals surface area contributed by atoms with Gasteiger partial charge in [-0.2, -0.15) is 0 Å². The minimum absolute atomic E-state index is 0.198. The molecular weight excluding hydrogens is 328 g/mol. The lowest BCUT2D eigenvalue weighted by atomic mass is 10.2. The number of halogens is 3. The first-order valence-electron chi connectivity index (χ1n) is 6.68. The van der Waals surface area contributed by atoms with Gasteiger partial charge in [0.15, 0.2) is 0 Å². The summed E-state index contributed by atoms with van der Waals surface area (Å²) in [6.45, 7) is 0.345. The fraction of sp³-hybridized carbons (Fsp3) is 0.188. The van der Waals surface area contributed by atoms with Crippen LogP contribution in [0.3, 0.4) is 0 Å². The Labute approximate surface area is 138 Å². The van der Waals surface area contributed by atoms with Gasteiger partial charge in [0.1, 0.15) is 11.6 Å². The highest BCUT2D eigenvalue weighted by Gasteiger charge is 2.05. The molecule has 116 valence electrons. The number of ether oxygens (including phenoxy) is 1. The topological polar surface area (TPSA) is 38.3 Å². The molecule has 2 aromatic carbocycles. The molecule has 0 saturated carbocycles. The van der Waals surface area contributed by atoms with Crippen LogP contribution in [0.4, 0.5) is 10.1 Å². The van der Waals surface area contributed by atoms with Crippen LogP contribution in [0.2, 0.25) is 10.0 Å². The summed E-state index contributed by atoms with van der Waals surface area (Å²) in [6.07, 6.45) is 0.780. The maximum Gasteiger partial charge on any atom is 0.224 e. The van der Waals surface area contributed by atoms with Crippen molar-refractivity contribution in [1.82, 2.24) is 0 Å². The molecule has 22 heavy (non-hydrogen) atoms. The average Bonchev–Trinajstić information content (AvgIpc) is 2.45. The van der Waals surface area contributed by atoms with E-state index in [2.05, 4.69) is 5.32 Å². The van der Waals surface area contributed by atoms with Gasteiger partial charge in [0.05, 0.1) is 11.6 Å². The highest BCUT2D eigenvalue weighted by molar-refractivity contribution is 6.35. The molecule has 0 saturated heterocycles. The third-order valence-electron chi connectivity index (χ3n) is 2.81. The predicted molar refractivity (Wildman–Crippen MR) is 86.2 cm³/mol. The second-order valence-corrected chi connectivity index (χ2v) is 5.43. The third-order valence-corrected chi connectivity index (χ3v) is 3.34. The standard InChI is InChI=1S/C16H14Cl2FNO2/c17-11-6-7-15(14(18)9-11)22-8-2-5-16(21)20-13-4-1-3-12(19)10-13/h1,3-4,6-7,9-10H,2,5,8H2,(H,20,21). The second kappa shape index (κ2) is 8.01. The summed E-state index contributed by atoms with van der Waals surface area (Å²) in [5, 5.41) is 3.58. The van der Waals surface area contributed by atoms with Crippen LogP contribution < -0.4 is 10.1 Å². The molecule has 0 aromatic heterocycles. The molecule has 0 fully saturated rings. The first-order chi connectivity index (χ1) is 10.5. The highest BCUT2D eigenvalue weighted by atomic mass is 35.5. The zero-order valence-electron chi connectivity index (χ0n) is 11.6. The Morgan fingerprint density at radius 3 is 2.73 bits per heavy atom. The second-order valence-electron chi connectivity index (χ2n) is 4.59. The molecule has 0 spiro atoms. The monoisotopic (exact) mass is 341 g/mol. The van der Waals surface area contributed by atoms with Gasteiger partial charge >= 0.3 is 0 Å². The normalized spacial score (nSPS) is 10.3. The maximum atomic E-state index is 13.0. The van der Waals surface area contributed by atoms with Crippen molar-refractivity contribution >= 4 is 34.8 Å². The van der Waals surface area contributed by atoms with Crippen LogP contribution in [0.1, 0.15) is 12.8 Å². The Hall–Kier alpha value is -1.78. The van der Waals surface area contributed by atoms with Crippen molar-refractivity contribution in [2.75, 3.05) is 11.9 Å². The number of hydrogen-bond donors (Lipinski definition) is 1. The molecular formula is C16H14Cl2FNO2. The molecule has 0 atom stereocenters. The van der Waals surface area contributed by atoms with E-state index in [1.54, 1.807) is 24.3 Å². The summed E-state index contributed by atoms with van der Waals surface area (Å²) >= 11 is 11.8. The Morgan fingerprint density at radius 1 is 1.18 bits per heavy atom. The SMILES string of the molecule is O=C(CCCOc1ccc(Cl)cc1Cl)Nc1cccc(F)c1. The Bertz CT molecular complexity index is 664. The molecule has 3 nitrogen and oxygen atoms in total. The van der Waals surface area contributed by atoms with Crippen molar-refractivity contribution in [3.05, 3.63) is 58.3 Å². The average molecular weight is 342 g/mol.